The summed E-state index contributed by atoms with van der Waals surface area (Å²) in [6.45, 7) is 5.00. The zero-order valence-electron chi connectivity index (χ0n) is 9.70. The van der Waals surface area contributed by atoms with Gasteiger partial charge in [-0.25, -0.2) is 4.39 Å². The van der Waals surface area contributed by atoms with Gasteiger partial charge in [-0.2, -0.15) is 0 Å². The second-order valence-corrected chi connectivity index (χ2v) is 5.32. The molecule has 0 saturated heterocycles. The maximum atomic E-state index is 12.9. The van der Waals surface area contributed by atoms with Crippen LogP contribution in [-0.2, 0) is 10.8 Å². The Bertz CT molecular complexity index is 357. The van der Waals surface area contributed by atoms with E-state index in [0.29, 0.717) is 10.6 Å². The van der Waals surface area contributed by atoms with Crippen molar-refractivity contribution in [3.63, 3.8) is 0 Å². The van der Waals surface area contributed by atoms with Gasteiger partial charge in [0.1, 0.15) is 5.82 Å². The summed E-state index contributed by atoms with van der Waals surface area (Å²) in [5.41, 5.74) is 0. The molecule has 2 atom stereocenters. The molecule has 16 heavy (non-hydrogen) atoms. The van der Waals surface area contributed by atoms with Gasteiger partial charge in [-0.1, -0.05) is 13.0 Å². The largest absolute Gasteiger partial charge is 0.313 e. The van der Waals surface area contributed by atoms with Gasteiger partial charge in [0, 0.05) is 16.7 Å². The van der Waals surface area contributed by atoms with Crippen LogP contribution >= 0.6 is 0 Å². The minimum Gasteiger partial charge on any atom is -0.313 e. The lowest BCUT2D eigenvalue weighted by Crippen LogP contribution is -2.31. The first-order valence-electron chi connectivity index (χ1n) is 5.50. The Morgan fingerprint density at radius 1 is 1.50 bits per heavy atom. The smallest absolute Gasteiger partial charge is 0.124 e. The van der Waals surface area contributed by atoms with Crippen molar-refractivity contribution >= 4 is 10.8 Å². The van der Waals surface area contributed by atoms with Gasteiger partial charge >= 0.3 is 0 Å². The Labute approximate surface area is 98.7 Å². The summed E-state index contributed by atoms with van der Waals surface area (Å²) in [5.74, 6) is 0.184. The maximum Gasteiger partial charge on any atom is 0.124 e. The van der Waals surface area contributed by atoms with E-state index in [0.717, 1.165) is 13.0 Å². The molecule has 90 valence electrons. The lowest BCUT2D eigenvalue weighted by Gasteiger charge is -2.12. The summed E-state index contributed by atoms with van der Waals surface area (Å²) in [7, 11) is -1.13. The number of hydrogen-bond acceptors (Lipinski definition) is 2. The second kappa shape index (κ2) is 6.76. The Kier molecular flexibility index (Phi) is 5.63. The van der Waals surface area contributed by atoms with Crippen LogP contribution in [0.15, 0.2) is 29.2 Å². The van der Waals surface area contributed by atoms with Gasteiger partial charge in [-0.3, -0.25) is 4.21 Å². The van der Waals surface area contributed by atoms with Crippen molar-refractivity contribution in [1.29, 1.82) is 0 Å². The number of halogens is 1. The van der Waals surface area contributed by atoms with Crippen LogP contribution in [0.1, 0.15) is 20.3 Å². The first kappa shape index (κ1) is 13.3. The van der Waals surface area contributed by atoms with E-state index >= 15 is 0 Å². The Balaban J connectivity index is 2.52. The summed E-state index contributed by atoms with van der Waals surface area (Å²) in [5, 5.41) is 3.26. The Hall–Kier alpha value is -0.740. The summed E-state index contributed by atoms with van der Waals surface area (Å²) in [4.78, 5) is 0.560. The van der Waals surface area contributed by atoms with E-state index < -0.39 is 10.8 Å². The van der Waals surface area contributed by atoms with Crippen LogP contribution in [0.2, 0.25) is 0 Å². The van der Waals surface area contributed by atoms with Crippen LogP contribution in [0.5, 0.6) is 0 Å². The molecule has 0 radical (unpaired) electrons. The van der Waals surface area contributed by atoms with Crippen molar-refractivity contribution in [3.05, 3.63) is 30.1 Å². The number of hydrogen-bond donors (Lipinski definition) is 1. The molecular weight excluding hydrogens is 225 g/mol. The lowest BCUT2D eigenvalue weighted by atomic mass is 10.3. The van der Waals surface area contributed by atoms with Gasteiger partial charge < -0.3 is 5.32 Å². The number of rotatable bonds is 6. The van der Waals surface area contributed by atoms with Crippen molar-refractivity contribution in [2.45, 2.75) is 31.2 Å². The Morgan fingerprint density at radius 3 is 2.88 bits per heavy atom. The molecule has 0 heterocycles. The summed E-state index contributed by atoms with van der Waals surface area (Å²) < 4.78 is 24.8. The van der Waals surface area contributed by atoms with Crippen molar-refractivity contribution in [1.82, 2.24) is 5.32 Å². The molecule has 1 aromatic carbocycles. The molecule has 0 bridgehead atoms. The van der Waals surface area contributed by atoms with E-state index in [1.807, 2.05) is 6.92 Å². The van der Waals surface area contributed by atoms with Crippen LogP contribution in [0.25, 0.3) is 0 Å². The van der Waals surface area contributed by atoms with Crippen molar-refractivity contribution in [2.75, 3.05) is 12.3 Å². The third-order valence-corrected chi connectivity index (χ3v) is 3.79. The highest BCUT2D eigenvalue weighted by Gasteiger charge is 2.09. The quantitative estimate of drug-likeness (QED) is 0.831. The molecule has 0 saturated carbocycles. The first-order valence-corrected chi connectivity index (χ1v) is 6.82. The fraction of sp³-hybridized carbons (Fsp3) is 0.500. The third kappa shape index (κ3) is 4.41. The van der Waals surface area contributed by atoms with E-state index in [1.54, 1.807) is 12.1 Å². The van der Waals surface area contributed by atoms with E-state index in [1.165, 1.54) is 12.1 Å². The standard InChI is InChI=1S/C12H18FNOS/c1-3-7-14-10(2)9-16(15)12-6-4-5-11(13)8-12/h4-6,8,10,14H,3,7,9H2,1-2H3. The molecule has 0 amide bonds. The maximum absolute atomic E-state index is 12.9. The minimum absolute atomic E-state index is 0.184. The molecule has 1 rings (SSSR count). The predicted molar refractivity (Wildman–Crippen MR) is 65.4 cm³/mol. The first-order chi connectivity index (χ1) is 7.63. The van der Waals surface area contributed by atoms with Gasteiger partial charge in [0.2, 0.25) is 0 Å². The molecule has 2 nitrogen and oxygen atoms in total. The highest BCUT2D eigenvalue weighted by atomic mass is 32.2. The highest BCUT2D eigenvalue weighted by molar-refractivity contribution is 7.85. The van der Waals surface area contributed by atoms with Crippen LogP contribution in [0.4, 0.5) is 4.39 Å². The molecule has 0 aliphatic carbocycles. The molecule has 0 aliphatic rings. The van der Waals surface area contributed by atoms with Crippen molar-refractivity contribution in [2.24, 2.45) is 0 Å². The van der Waals surface area contributed by atoms with Crippen LogP contribution in [0.3, 0.4) is 0 Å². The normalized spacial score (nSPS) is 14.7. The molecule has 2 unspecified atom stereocenters. The zero-order valence-corrected chi connectivity index (χ0v) is 10.5. The van der Waals surface area contributed by atoms with E-state index in [9.17, 15) is 8.60 Å². The fourth-order valence-corrected chi connectivity index (χ4v) is 2.62. The van der Waals surface area contributed by atoms with Crippen LogP contribution in [-0.4, -0.2) is 22.5 Å². The molecule has 1 aromatic rings. The second-order valence-electron chi connectivity index (χ2n) is 3.82. The van der Waals surface area contributed by atoms with E-state index in [2.05, 4.69) is 12.2 Å². The predicted octanol–water partition coefficient (Wildman–Crippen LogP) is 2.32. The van der Waals surface area contributed by atoms with Crippen LogP contribution < -0.4 is 5.32 Å². The average Bonchev–Trinajstić information content (AvgIpc) is 2.26. The Morgan fingerprint density at radius 2 is 2.25 bits per heavy atom. The van der Waals surface area contributed by atoms with Crippen molar-refractivity contribution < 1.29 is 8.60 Å². The third-order valence-electron chi connectivity index (χ3n) is 2.20. The van der Waals surface area contributed by atoms with Gasteiger partial charge in [0.25, 0.3) is 0 Å². The molecule has 1 N–H and O–H groups in total. The average molecular weight is 243 g/mol. The summed E-state index contributed by atoms with van der Waals surface area (Å²) in [6.07, 6.45) is 1.05. The highest BCUT2D eigenvalue weighted by Crippen LogP contribution is 2.09. The topological polar surface area (TPSA) is 29.1 Å². The van der Waals surface area contributed by atoms with Gasteiger partial charge in [-0.15, -0.1) is 0 Å². The molecule has 0 aromatic heterocycles. The molecular formula is C12H18FNOS. The molecule has 0 fully saturated rings. The summed E-state index contributed by atoms with van der Waals surface area (Å²) in [6, 6.07) is 6.17. The van der Waals surface area contributed by atoms with Crippen LogP contribution in [0, 0.1) is 5.82 Å². The van der Waals surface area contributed by atoms with Gasteiger partial charge in [-0.05, 0) is 38.1 Å². The molecule has 0 spiro atoms. The SMILES string of the molecule is CCCNC(C)CS(=O)c1cccc(F)c1. The van der Waals surface area contributed by atoms with E-state index in [4.69, 9.17) is 0 Å². The lowest BCUT2D eigenvalue weighted by molar-refractivity contribution is 0.581. The molecule has 0 aliphatic heterocycles. The monoisotopic (exact) mass is 243 g/mol. The van der Waals surface area contributed by atoms with Crippen molar-refractivity contribution in [3.8, 4) is 0 Å². The molecule has 4 heteroatoms. The minimum atomic E-state index is -1.13. The fourth-order valence-electron chi connectivity index (χ4n) is 1.38. The van der Waals surface area contributed by atoms with E-state index in [-0.39, 0.29) is 11.9 Å². The number of nitrogens with one attached hydrogen (secondary N) is 1. The van der Waals surface area contributed by atoms with Gasteiger partial charge in [0.15, 0.2) is 0 Å². The summed E-state index contributed by atoms with van der Waals surface area (Å²) >= 11 is 0. The zero-order chi connectivity index (χ0) is 12.0. The van der Waals surface area contributed by atoms with Gasteiger partial charge in [0.05, 0.1) is 10.8 Å². The number of benzene rings is 1.